The van der Waals surface area contributed by atoms with Crippen LogP contribution < -0.4 is 0 Å². The summed E-state index contributed by atoms with van der Waals surface area (Å²) in [6, 6.07) is 6.78. The number of allylic oxidation sites excluding steroid dienone is 1. The van der Waals surface area contributed by atoms with Crippen molar-refractivity contribution in [2.24, 2.45) is 0 Å². The van der Waals surface area contributed by atoms with E-state index in [0.717, 1.165) is 6.07 Å². The van der Waals surface area contributed by atoms with Crippen LogP contribution in [0.1, 0.15) is 23.1 Å². The molecule has 17 heavy (non-hydrogen) atoms. The molecular weight excluding hydrogens is 229 g/mol. The third-order valence-electron chi connectivity index (χ3n) is 1.99. The number of alkyl halides is 3. The Kier molecular flexibility index (Phi) is 3.90. The first-order chi connectivity index (χ1) is 7.99. The Bertz CT molecular complexity index is 516. The lowest BCUT2D eigenvalue weighted by Crippen LogP contribution is -2.07. The Morgan fingerprint density at radius 3 is 2.47 bits per heavy atom. The van der Waals surface area contributed by atoms with Gasteiger partial charge in [0, 0.05) is 0 Å². The van der Waals surface area contributed by atoms with E-state index in [4.69, 9.17) is 10.5 Å². The minimum Gasteiger partial charge on any atom is -0.198 e. The number of halogens is 3. The maximum atomic E-state index is 12.7. The van der Waals surface area contributed by atoms with E-state index in [1.165, 1.54) is 24.3 Å². The molecule has 0 bridgehead atoms. The third-order valence-corrected chi connectivity index (χ3v) is 1.99. The number of hydrogen-bond donors (Lipinski definition) is 0. The zero-order chi connectivity index (χ0) is 12.9. The maximum Gasteiger partial charge on any atom is 0.417 e. The van der Waals surface area contributed by atoms with Crippen LogP contribution in [0, 0.1) is 22.7 Å². The van der Waals surface area contributed by atoms with Crippen molar-refractivity contribution in [3.05, 3.63) is 41.0 Å². The van der Waals surface area contributed by atoms with E-state index in [-0.39, 0.29) is 17.5 Å². The molecule has 0 fully saturated rings. The Morgan fingerprint density at radius 2 is 1.94 bits per heavy atom. The summed E-state index contributed by atoms with van der Waals surface area (Å²) in [5.41, 5.74) is -0.966. The Hall–Kier alpha value is -2.27. The van der Waals surface area contributed by atoms with Gasteiger partial charge < -0.3 is 0 Å². The second kappa shape index (κ2) is 5.18. The Morgan fingerprint density at radius 1 is 1.24 bits per heavy atom. The van der Waals surface area contributed by atoms with Gasteiger partial charge in [-0.05, 0) is 17.7 Å². The van der Waals surface area contributed by atoms with Crippen LogP contribution >= 0.6 is 0 Å². The van der Waals surface area contributed by atoms with Crippen molar-refractivity contribution >= 4 is 6.08 Å². The van der Waals surface area contributed by atoms with Crippen molar-refractivity contribution in [1.29, 1.82) is 10.5 Å². The highest BCUT2D eigenvalue weighted by atomic mass is 19.4. The average Bonchev–Trinajstić information content (AvgIpc) is 2.28. The highest BCUT2D eigenvalue weighted by molar-refractivity contribution is 5.57. The largest absolute Gasteiger partial charge is 0.417 e. The summed E-state index contributed by atoms with van der Waals surface area (Å²) >= 11 is 0. The van der Waals surface area contributed by atoms with Crippen LogP contribution in [0.4, 0.5) is 13.2 Å². The molecule has 0 radical (unpaired) electrons. The quantitative estimate of drug-likeness (QED) is 0.788. The van der Waals surface area contributed by atoms with E-state index >= 15 is 0 Å². The monoisotopic (exact) mass is 236 g/mol. The number of nitrogens with zero attached hydrogens (tertiary/aromatic N) is 2. The van der Waals surface area contributed by atoms with E-state index < -0.39 is 11.7 Å². The molecule has 0 atom stereocenters. The van der Waals surface area contributed by atoms with Gasteiger partial charge >= 0.3 is 6.18 Å². The lowest BCUT2D eigenvalue weighted by Gasteiger charge is -2.10. The van der Waals surface area contributed by atoms with Gasteiger partial charge in [-0.25, -0.2) is 0 Å². The van der Waals surface area contributed by atoms with E-state index in [1.54, 1.807) is 12.1 Å². The van der Waals surface area contributed by atoms with Crippen LogP contribution in [0.5, 0.6) is 0 Å². The van der Waals surface area contributed by atoms with E-state index in [1.807, 2.05) is 0 Å². The minimum absolute atomic E-state index is 0.0390. The van der Waals surface area contributed by atoms with Crippen LogP contribution in [0.3, 0.4) is 0 Å². The molecule has 1 aromatic rings. The normalized spacial score (nSPS) is 11.1. The molecular formula is C12H7F3N2. The minimum atomic E-state index is -4.51. The summed E-state index contributed by atoms with van der Waals surface area (Å²) in [4.78, 5) is 0. The molecule has 2 nitrogen and oxygen atoms in total. The summed E-state index contributed by atoms with van der Waals surface area (Å²) in [5, 5.41) is 16.8. The molecule has 1 aromatic carbocycles. The molecule has 0 amide bonds. The molecule has 0 aromatic heterocycles. The molecule has 0 aliphatic rings. The molecule has 1 rings (SSSR count). The van der Waals surface area contributed by atoms with E-state index in [9.17, 15) is 13.2 Å². The topological polar surface area (TPSA) is 47.6 Å². The Balaban J connectivity index is 3.23. The molecule has 0 spiro atoms. The number of nitriles is 2. The molecule has 0 saturated carbocycles. The van der Waals surface area contributed by atoms with Crippen molar-refractivity contribution in [2.45, 2.75) is 12.6 Å². The van der Waals surface area contributed by atoms with Gasteiger partial charge in [-0.2, -0.15) is 23.7 Å². The fourth-order valence-electron chi connectivity index (χ4n) is 1.26. The lowest BCUT2D eigenvalue weighted by molar-refractivity contribution is -0.137. The molecule has 0 saturated heterocycles. The van der Waals surface area contributed by atoms with Crippen molar-refractivity contribution in [3.63, 3.8) is 0 Å². The molecule has 0 N–H and O–H groups in total. The third kappa shape index (κ3) is 3.35. The fourth-order valence-corrected chi connectivity index (χ4v) is 1.26. The van der Waals surface area contributed by atoms with Gasteiger partial charge in [0.1, 0.15) is 0 Å². The van der Waals surface area contributed by atoms with Crippen molar-refractivity contribution < 1.29 is 13.2 Å². The molecule has 86 valence electrons. The van der Waals surface area contributed by atoms with Crippen LogP contribution in [0.15, 0.2) is 24.3 Å². The first-order valence-corrected chi connectivity index (χ1v) is 4.64. The second-order valence-corrected chi connectivity index (χ2v) is 3.18. The van der Waals surface area contributed by atoms with Gasteiger partial charge in [-0.15, -0.1) is 0 Å². The summed E-state index contributed by atoms with van der Waals surface area (Å²) in [6.45, 7) is 0. The van der Waals surface area contributed by atoms with Gasteiger partial charge in [-0.1, -0.05) is 18.2 Å². The van der Waals surface area contributed by atoms with E-state index in [2.05, 4.69) is 0 Å². The van der Waals surface area contributed by atoms with Gasteiger partial charge in [0.2, 0.25) is 0 Å². The standard InChI is InChI=1S/C12H7F3N2/c13-12(14,15)11-7-9(8-17)4-5-10(11)3-1-2-6-16/h1,3-5,7H,2H2. The highest BCUT2D eigenvalue weighted by Crippen LogP contribution is 2.33. The summed E-state index contributed by atoms with van der Waals surface area (Å²) in [7, 11) is 0. The van der Waals surface area contributed by atoms with Crippen molar-refractivity contribution in [2.75, 3.05) is 0 Å². The predicted molar refractivity (Wildman–Crippen MR) is 55.4 cm³/mol. The molecule has 5 heteroatoms. The van der Waals surface area contributed by atoms with Gasteiger partial charge in [0.15, 0.2) is 0 Å². The molecule has 0 aliphatic heterocycles. The van der Waals surface area contributed by atoms with Crippen molar-refractivity contribution in [1.82, 2.24) is 0 Å². The van der Waals surface area contributed by atoms with Gasteiger partial charge in [0.05, 0.1) is 29.7 Å². The van der Waals surface area contributed by atoms with Crippen molar-refractivity contribution in [3.8, 4) is 12.1 Å². The zero-order valence-electron chi connectivity index (χ0n) is 8.62. The molecule has 0 aliphatic carbocycles. The van der Waals surface area contributed by atoms with Gasteiger partial charge in [0.25, 0.3) is 0 Å². The average molecular weight is 236 g/mol. The SMILES string of the molecule is N#CCC=Cc1ccc(C#N)cc1C(F)(F)F. The molecule has 0 heterocycles. The zero-order valence-corrected chi connectivity index (χ0v) is 8.62. The van der Waals surface area contributed by atoms with Crippen LogP contribution in [-0.2, 0) is 6.18 Å². The lowest BCUT2D eigenvalue weighted by atomic mass is 10.0. The first kappa shape index (κ1) is 12.8. The van der Waals surface area contributed by atoms with Crippen LogP contribution in [0.2, 0.25) is 0 Å². The summed E-state index contributed by atoms with van der Waals surface area (Å²) in [5.74, 6) is 0. The number of benzene rings is 1. The van der Waals surface area contributed by atoms with Gasteiger partial charge in [-0.3, -0.25) is 0 Å². The first-order valence-electron chi connectivity index (χ1n) is 4.64. The predicted octanol–water partition coefficient (Wildman–Crippen LogP) is 3.50. The Labute approximate surface area is 96.2 Å². The number of rotatable bonds is 2. The smallest absolute Gasteiger partial charge is 0.198 e. The summed E-state index contributed by atoms with van der Waals surface area (Å²) in [6.07, 6.45) is -1.90. The van der Waals surface area contributed by atoms with Crippen LogP contribution in [0.25, 0.3) is 6.08 Å². The maximum absolute atomic E-state index is 12.7. The highest BCUT2D eigenvalue weighted by Gasteiger charge is 2.32. The van der Waals surface area contributed by atoms with Crippen LogP contribution in [-0.4, -0.2) is 0 Å². The number of hydrogen-bond acceptors (Lipinski definition) is 2. The summed E-state index contributed by atoms with van der Waals surface area (Å²) < 4.78 is 38.0. The van der Waals surface area contributed by atoms with E-state index in [0.29, 0.717) is 0 Å². The second-order valence-electron chi connectivity index (χ2n) is 3.18. The fraction of sp³-hybridized carbons (Fsp3) is 0.167. The molecule has 0 unspecified atom stereocenters.